The second-order valence-corrected chi connectivity index (χ2v) is 9.88. The molecule has 3 aromatic rings. The number of aromatic nitrogens is 2. The maximum atomic E-state index is 14.7. The van der Waals surface area contributed by atoms with E-state index in [1.807, 2.05) is 30.3 Å². The highest BCUT2D eigenvalue weighted by Crippen LogP contribution is 2.24. The number of hydrogen-bond donors (Lipinski definition) is 3. The van der Waals surface area contributed by atoms with Crippen LogP contribution in [0.4, 0.5) is 4.39 Å². The lowest BCUT2D eigenvalue weighted by Gasteiger charge is -2.38. The first-order chi connectivity index (χ1) is 18.4. The predicted octanol–water partition coefficient (Wildman–Crippen LogP) is 1.85. The minimum atomic E-state index is -0.565. The Morgan fingerprint density at radius 3 is 2.47 bits per heavy atom. The van der Waals surface area contributed by atoms with E-state index in [9.17, 15) is 19.4 Å². The number of halogens is 1. The minimum absolute atomic E-state index is 0.0188. The zero-order valence-corrected chi connectivity index (χ0v) is 21.1. The van der Waals surface area contributed by atoms with Crippen LogP contribution >= 0.6 is 0 Å². The van der Waals surface area contributed by atoms with Crippen LogP contribution in [0.2, 0.25) is 0 Å². The Balaban J connectivity index is 1.27. The van der Waals surface area contributed by atoms with Crippen molar-refractivity contribution in [2.24, 2.45) is 0 Å². The number of H-pyrrole nitrogens is 1. The van der Waals surface area contributed by atoms with Crippen molar-refractivity contribution in [2.75, 3.05) is 45.9 Å². The molecule has 2 aliphatic heterocycles. The fourth-order valence-corrected chi connectivity index (χ4v) is 4.79. The molecule has 2 aliphatic rings. The van der Waals surface area contributed by atoms with Crippen molar-refractivity contribution < 1.29 is 19.3 Å². The summed E-state index contributed by atoms with van der Waals surface area (Å²) in [4.78, 5) is 22.9. The number of morpholine rings is 1. The number of nitrogens with one attached hydrogen (secondary N) is 1. The number of benzene rings is 2. The first-order valence-electron chi connectivity index (χ1n) is 12.8. The molecule has 3 N–H and O–H groups in total. The number of aliphatic hydroxyl groups excluding tert-OH is 1. The molecule has 0 saturated carbocycles. The first kappa shape index (κ1) is 26.1. The van der Waals surface area contributed by atoms with E-state index in [0.717, 1.165) is 30.4 Å². The van der Waals surface area contributed by atoms with Crippen LogP contribution in [0.3, 0.4) is 0 Å². The average molecular weight is 519 g/mol. The summed E-state index contributed by atoms with van der Waals surface area (Å²) in [6, 6.07) is 13.0. The third kappa shape index (κ3) is 6.65. The molecule has 38 heavy (non-hydrogen) atoms. The molecule has 0 bridgehead atoms. The summed E-state index contributed by atoms with van der Waals surface area (Å²) in [7, 11) is 0. The van der Waals surface area contributed by atoms with Gasteiger partial charge in [0.1, 0.15) is 11.6 Å². The number of likely N-dealkylation sites (tertiary alicyclic amines) is 1. The van der Waals surface area contributed by atoms with Crippen LogP contribution in [0, 0.1) is 17.7 Å². The van der Waals surface area contributed by atoms with Gasteiger partial charge in [-0.05, 0) is 29.8 Å². The van der Waals surface area contributed by atoms with Crippen molar-refractivity contribution in [2.45, 2.75) is 25.0 Å². The van der Waals surface area contributed by atoms with E-state index in [2.05, 4.69) is 31.6 Å². The van der Waals surface area contributed by atoms with Gasteiger partial charge in [-0.2, -0.15) is 0 Å². The fourth-order valence-electron chi connectivity index (χ4n) is 4.79. The van der Waals surface area contributed by atoms with Gasteiger partial charge in [0.2, 0.25) is 0 Å². The maximum Gasteiger partial charge on any atom is 0.293 e. The van der Waals surface area contributed by atoms with Gasteiger partial charge in [-0.3, -0.25) is 14.6 Å². The molecule has 2 aromatic carbocycles. The second kappa shape index (κ2) is 11.9. The Morgan fingerprint density at radius 2 is 1.79 bits per heavy atom. The number of aromatic hydroxyl groups is 1. The number of aromatic amines is 1. The van der Waals surface area contributed by atoms with Gasteiger partial charge >= 0.3 is 0 Å². The van der Waals surface area contributed by atoms with Crippen molar-refractivity contribution in [3.63, 3.8) is 0 Å². The number of aliphatic hydroxyl groups is 1. The number of β-amino-alcohol motifs (C(OH)–C–C–N with tert-alkyl or cyclic N) is 1. The molecule has 5 rings (SSSR count). The molecule has 0 aliphatic carbocycles. The normalized spacial score (nSPS) is 17.4. The fraction of sp³-hybridized carbons (Fsp3) is 0.379. The Morgan fingerprint density at radius 1 is 1.08 bits per heavy atom. The van der Waals surface area contributed by atoms with Crippen molar-refractivity contribution in [1.82, 2.24) is 19.8 Å². The van der Waals surface area contributed by atoms with Gasteiger partial charge in [-0.25, -0.2) is 9.37 Å². The van der Waals surface area contributed by atoms with E-state index in [0.29, 0.717) is 62.8 Å². The third-order valence-corrected chi connectivity index (χ3v) is 6.97. The van der Waals surface area contributed by atoms with Gasteiger partial charge < -0.3 is 19.9 Å². The molecular weight excluding hydrogens is 487 g/mol. The molecule has 0 spiro atoms. The molecule has 198 valence electrons. The van der Waals surface area contributed by atoms with Crippen LogP contribution < -0.4 is 5.56 Å². The van der Waals surface area contributed by atoms with Crippen LogP contribution in [0.15, 0.2) is 53.5 Å². The number of hydrogen-bond acceptors (Lipinski definition) is 7. The molecule has 3 heterocycles. The molecule has 1 unspecified atom stereocenters. The second-order valence-electron chi connectivity index (χ2n) is 9.88. The van der Waals surface area contributed by atoms with E-state index in [1.165, 1.54) is 6.07 Å². The van der Waals surface area contributed by atoms with Crippen molar-refractivity contribution in [3.05, 3.63) is 92.9 Å². The predicted molar refractivity (Wildman–Crippen MR) is 140 cm³/mol. The molecular formula is C29H31FN4O4. The Labute approximate surface area is 220 Å². The molecule has 0 radical (unpaired) electrons. The smallest absolute Gasteiger partial charge is 0.293 e. The van der Waals surface area contributed by atoms with Crippen molar-refractivity contribution >= 4 is 0 Å². The highest BCUT2D eigenvalue weighted by atomic mass is 19.1. The summed E-state index contributed by atoms with van der Waals surface area (Å²) in [5, 5.41) is 19.2. The quantitative estimate of drug-likeness (QED) is 0.411. The van der Waals surface area contributed by atoms with Crippen LogP contribution in [0.25, 0.3) is 0 Å². The highest BCUT2D eigenvalue weighted by molar-refractivity contribution is 5.44. The van der Waals surface area contributed by atoms with E-state index in [-0.39, 0.29) is 17.8 Å². The van der Waals surface area contributed by atoms with Gasteiger partial charge in [0.25, 0.3) is 5.56 Å². The van der Waals surface area contributed by atoms with Gasteiger partial charge in [0, 0.05) is 68.3 Å². The number of ether oxygens (including phenoxy) is 1. The van der Waals surface area contributed by atoms with E-state index < -0.39 is 11.3 Å². The first-order valence-corrected chi connectivity index (χ1v) is 12.8. The number of rotatable bonds is 7. The van der Waals surface area contributed by atoms with Crippen LogP contribution in [0.1, 0.15) is 34.0 Å². The van der Waals surface area contributed by atoms with Crippen molar-refractivity contribution in [1.29, 1.82) is 0 Å². The zero-order valence-electron chi connectivity index (χ0n) is 21.1. The summed E-state index contributed by atoms with van der Waals surface area (Å²) in [6.45, 7) is 5.46. The Hall–Kier alpha value is -3.55. The van der Waals surface area contributed by atoms with Gasteiger partial charge in [0.05, 0.1) is 25.5 Å². The molecule has 1 atom stereocenters. The lowest BCUT2D eigenvalue weighted by Crippen LogP contribution is -2.52. The summed E-state index contributed by atoms with van der Waals surface area (Å²) in [5.41, 5.74) is 2.57. The summed E-state index contributed by atoms with van der Waals surface area (Å²) in [6.07, 6.45) is 1.33. The topological polar surface area (TPSA) is 102 Å². The van der Waals surface area contributed by atoms with Gasteiger partial charge in [0.15, 0.2) is 5.75 Å². The zero-order chi connectivity index (χ0) is 26.5. The lowest BCUT2D eigenvalue weighted by atomic mass is 9.92. The standard InChI is InChI=1S/C29H31FN4O4/c30-26-13-21(5-8-23(26)16-33-9-11-38-12-10-33)2-1-20-3-6-22(7-4-20)24(17-34-18-25(35)19-34)14-28-31-15-27(36)29(37)32-28/h3-8,13,15,24-25,35-36H,9-12,14,16-19H2,(H,31,32,37). The van der Waals surface area contributed by atoms with E-state index in [1.54, 1.807) is 6.07 Å². The number of nitrogens with zero attached hydrogens (tertiary/aromatic N) is 3. The Bertz CT molecular complexity index is 1370. The van der Waals surface area contributed by atoms with Crippen molar-refractivity contribution in [3.8, 4) is 17.6 Å². The average Bonchev–Trinajstić information content (AvgIpc) is 2.90. The molecule has 0 amide bonds. The largest absolute Gasteiger partial charge is 0.502 e. The SMILES string of the molecule is O=c1[nH]c(CC(CN2CC(O)C2)c2ccc(C#Cc3ccc(CN4CCOCC4)c(F)c3)cc2)ncc1O. The lowest BCUT2D eigenvalue weighted by molar-refractivity contribution is -0.00130. The summed E-state index contributed by atoms with van der Waals surface area (Å²) >= 11 is 0. The monoisotopic (exact) mass is 518 g/mol. The summed E-state index contributed by atoms with van der Waals surface area (Å²) < 4.78 is 20.0. The van der Waals surface area contributed by atoms with Gasteiger partial charge in [-0.15, -0.1) is 0 Å². The molecule has 8 nitrogen and oxygen atoms in total. The molecule has 9 heteroatoms. The molecule has 2 saturated heterocycles. The third-order valence-electron chi connectivity index (χ3n) is 6.97. The van der Waals surface area contributed by atoms with E-state index in [4.69, 9.17) is 4.74 Å². The highest BCUT2D eigenvalue weighted by Gasteiger charge is 2.27. The molecule has 1 aromatic heterocycles. The Kier molecular flexibility index (Phi) is 8.15. The van der Waals surface area contributed by atoms with E-state index >= 15 is 0 Å². The summed E-state index contributed by atoms with van der Waals surface area (Å²) in [5.74, 6) is 6.01. The van der Waals surface area contributed by atoms with Gasteiger partial charge in [-0.1, -0.05) is 30.0 Å². The van der Waals surface area contributed by atoms with Crippen LogP contribution in [0.5, 0.6) is 5.75 Å². The minimum Gasteiger partial charge on any atom is -0.502 e. The maximum absolute atomic E-state index is 14.7. The molecule has 2 fully saturated rings. The van der Waals surface area contributed by atoms with Crippen LogP contribution in [-0.2, 0) is 17.7 Å². The van der Waals surface area contributed by atoms with Crippen LogP contribution in [-0.4, -0.2) is 82.0 Å².